The van der Waals surface area contributed by atoms with Crippen molar-refractivity contribution in [3.05, 3.63) is 76.5 Å². The highest BCUT2D eigenvalue weighted by Gasteiger charge is 2.48. The zero-order chi connectivity index (χ0) is 26.0. The smallest absolute Gasteiger partial charge is 0.123 e. The van der Waals surface area contributed by atoms with E-state index in [2.05, 4.69) is 32.0 Å². The van der Waals surface area contributed by atoms with Crippen molar-refractivity contribution in [1.82, 2.24) is 20.0 Å². The van der Waals surface area contributed by atoms with Crippen LogP contribution in [0.2, 0.25) is 5.02 Å². The van der Waals surface area contributed by atoms with Crippen LogP contribution in [0.15, 0.2) is 48.8 Å². The van der Waals surface area contributed by atoms with Crippen LogP contribution in [0.5, 0.6) is 0 Å². The molecule has 37 heavy (non-hydrogen) atoms. The minimum Gasteiger partial charge on any atom is -0.380 e. The summed E-state index contributed by atoms with van der Waals surface area (Å²) in [7, 11) is 0. The van der Waals surface area contributed by atoms with Gasteiger partial charge in [0.25, 0.3) is 0 Å². The second-order valence-corrected chi connectivity index (χ2v) is 10.7. The number of fused-ring (bicyclic) bond motifs is 2. The molecule has 7 nitrogen and oxygen atoms in total. The summed E-state index contributed by atoms with van der Waals surface area (Å²) < 4.78 is 25.1. The van der Waals surface area contributed by atoms with Crippen molar-refractivity contribution in [3.8, 4) is 6.07 Å². The maximum Gasteiger partial charge on any atom is 0.123 e. The van der Waals surface area contributed by atoms with E-state index in [1.54, 1.807) is 35.3 Å². The third kappa shape index (κ3) is 4.17. The lowest BCUT2D eigenvalue weighted by Crippen LogP contribution is -2.20. The summed E-state index contributed by atoms with van der Waals surface area (Å²) in [6, 6.07) is 10.7. The highest BCUT2D eigenvalue weighted by atomic mass is 35.5. The van der Waals surface area contributed by atoms with Gasteiger partial charge in [-0.1, -0.05) is 28.9 Å². The Balaban J connectivity index is 1.32. The van der Waals surface area contributed by atoms with Crippen LogP contribution in [0.1, 0.15) is 62.4 Å². The molecule has 2 N–H and O–H groups in total. The average molecular weight is 515 g/mol. The fourth-order valence-electron chi connectivity index (χ4n) is 5.59. The predicted octanol–water partition coefficient (Wildman–Crippen LogP) is 6.24. The van der Waals surface area contributed by atoms with Crippen LogP contribution in [0.25, 0.3) is 10.9 Å². The van der Waals surface area contributed by atoms with Gasteiger partial charge in [-0.05, 0) is 73.8 Å². The van der Waals surface area contributed by atoms with E-state index >= 15 is 0 Å². The molecule has 0 radical (unpaired) electrons. The summed E-state index contributed by atoms with van der Waals surface area (Å²) in [5, 5.41) is 26.5. The number of pyridine rings is 1. The first kappa shape index (κ1) is 21.4. The van der Waals surface area contributed by atoms with Crippen LogP contribution >= 0.6 is 11.6 Å². The lowest BCUT2D eigenvalue weighted by atomic mass is 10.0. The van der Waals surface area contributed by atoms with E-state index in [4.69, 9.17) is 11.6 Å². The number of benzene rings is 2. The number of aromatic nitrogens is 4. The number of anilines is 2. The van der Waals surface area contributed by atoms with Crippen LogP contribution in [0, 0.1) is 29.0 Å². The first-order valence-electron chi connectivity index (χ1n) is 13.2. The van der Waals surface area contributed by atoms with E-state index in [0.29, 0.717) is 56.4 Å². The molecule has 0 spiro atoms. The molecule has 3 aliphatic rings. The SMILES string of the molecule is [2H]C(Nc1cc(Cl)c2ncc(C#N)c(NC3CCC4CC43)c2c1)(c1ccc(F)cc1)c1cn(C2CC2)nn1. The quantitative estimate of drug-likeness (QED) is 0.303. The van der Waals surface area contributed by atoms with Gasteiger partial charge in [-0.3, -0.25) is 4.98 Å². The standard InChI is InChI=1S/C28H25ClFN7/c29-23-11-19(10-22-26(17(12-31)13-32-28(22)23)34-24-8-3-16-9-21(16)24)33-27(15-1-4-18(30)5-2-15)25-14-37(36-35-25)20-6-7-20/h1-2,4-5,10-11,13-14,16,20-21,24,27,33H,3,6-9H2,(H,32,34)/i27D. The number of hydrogen-bond donors (Lipinski definition) is 2. The number of rotatable bonds is 7. The Morgan fingerprint density at radius 3 is 2.73 bits per heavy atom. The number of nitrogens with zero attached hydrogens (tertiary/aromatic N) is 5. The van der Waals surface area contributed by atoms with Gasteiger partial charge in [0.15, 0.2) is 0 Å². The number of nitrogens with one attached hydrogen (secondary N) is 2. The van der Waals surface area contributed by atoms with E-state index in [-0.39, 0.29) is 5.82 Å². The first-order chi connectivity index (χ1) is 18.4. The third-order valence-electron chi connectivity index (χ3n) is 7.81. The summed E-state index contributed by atoms with van der Waals surface area (Å²) >= 11 is 6.72. The van der Waals surface area contributed by atoms with Crippen LogP contribution in [-0.2, 0) is 0 Å². The zero-order valence-electron chi connectivity index (χ0n) is 21.0. The maximum absolute atomic E-state index is 13.8. The number of nitriles is 1. The van der Waals surface area contributed by atoms with Gasteiger partial charge in [-0.25, -0.2) is 9.07 Å². The molecule has 4 aromatic rings. The lowest BCUT2D eigenvalue weighted by Gasteiger charge is -2.21. The van der Waals surface area contributed by atoms with Crippen LogP contribution in [0.3, 0.4) is 0 Å². The number of hydrogen-bond acceptors (Lipinski definition) is 6. The van der Waals surface area contributed by atoms with E-state index in [0.717, 1.165) is 30.9 Å². The summed E-state index contributed by atoms with van der Waals surface area (Å²) in [6.07, 6.45) is 8.92. The van der Waals surface area contributed by atoms with Crippen LogP contribution in [-0.4, -0.2) is 26.0 Å². The molecule has 2 heterocycles. The van der Waals surface area contributed by atoms with Crippen molar-refractivity contribution < 1.29 is 5.76 Å². The Morgan fingerprint density at radius 1 is 1.19 bits per heavy atom. The van der Waals surface area contributed by atoms with Gasteiger partial charge in [0.2, 0.25) is 0 Å². The van der Waals surface area contributed by atoms with Crippen LogP contribution < -0.4 is 10.6 Å². The van der Waals surface area contributed by atoms with Gasteiger partial charge >= 0.3 is 0 Å². The largest absolute Gasteiger partial charge is 0.380 e. The Hall–Kier alpha value is -3.70. The predicted molar refractivity (Wildman–Crippen MR) is 140 cm³/mol. The molecule has 3 aliphatic carbocycles. The summed E-state index contributed by atoms with van der Waals surface area (Å²) in [6.45, 7) is 0. The molecule has 186 valence electrons. The van der Waals surface area contributed by atoms with E-state index in [1.165, 1.54) is 25.0 Å². The average Bonchev–Trinajstić information content (AvgIpc) is 3.83. The molecule has 4 unspecified atom stereocenters. The molecule has 0 aliphatic heterocycles. The summed E-state index contributed by atoms with van der Waals surface area (Å²) in [4.78, 5) is 4.47. The fraction of sp³-hybridized carbons (Fsp3) is 0.357. The molecular formula is C28H25ClFN7. The Bertz CT molecular complexity index is 1600. The van der Waals surface area contributed by atoms with Gasteiger partial charge in [-0.15, -0.1) is 5.10 Å². The van der Waals surface area contributed by atoms with Crippen molar-refractivity contribution in [2.45, 2.75) is 50.2 Å². The van der Waals surface area contributed by atoms with Gasteiger partial charge < -0.3 is 10.6 Å². The van der Waals surface area contributed by atoms with Gasteiger partial charge in [0.05, 0.1) is 41.4 Å². The minimum atomic E-state index is -1.57. The third-order valence-corrected chi connectivity index (χ3v) is 8.10. The van der Waals surface area contributed by atoms with Crippen molar-refractivity contribution in [2.24, 2.45) is 11.8 Å². The molecule has 0 saturated heterocycles. The van der Waals surface area contributed by atoms with Crippen molar-refractivity contribution in [1.29, 1.82) is 5.26 Å². The highest BCUT2D eigenvalue weighted by molar-refractivity contribution is 6.35. The number of halogens is 2. The van der Waals surface area contributed by atoms with E-state index in [1.807, 2.05) is 6.07 Å². The monoisotopic (exact) mass is 514 g/mol. The molecule has 3 fully saturated rings. The molecule has 4 atom stereocenters. The Morgan fingerprint density at radius 2 is 2.03 bits per heavy atom. The van der Waals surface area contributed by atoms with Crippen molar-refractivity contribution in [3.63, 3.8) is 0 Å². The molecule has 0 amide bonds. The molecule has 9 heteroatoms. The van der Waals surface area contributed by atoms with E-state index < -0.39 is 6.02 Å². The first-order valence-corrected chi connectivity index (χ1v) is 13.1. The Labute approximate surface area is 220 Å². The topological polar surface area (TPSA) is 91.5 Å². The molecule has 7 rings (SSSR count). The van der Waals surface area contributed by atoms with Crippen molar-refractivity contribution in [2.75, 3.05) is 10.6 Å². The van der Waals surface area contributed by atoms with Crippen LogP contribution in [0.4, 0.5) is 15.8 Å². The maximum atomic E-state index is 13.8. The second-order valence-electron chi connectivity index (χ2n) is 10.3. The Kier molecular flexibility index (Phi) is 5.03. The van der Waals surface area contributed by atoms with E-state index in [9.17, 15) is 11.0 Å². The normalized spacial score (nSPS) is 24.1. The second kappa shape index (κ2) is 8.70. The van der Waals surface area contributed by atoms with Gasteiger partial charge in [0, 0.05) is 23.3 Å². The van der Waals surface area contributed by atoms with Crippen molar-refractivity contribution >= 4 is 33.9 Å². The molecule has 0 bridgehead atoms. The molecule has 3 saturated carbocycles. The minimum absolute atomic E-state index is 0.301. The molecule has 2 aromatic heterocycles. The lowest BCUT2D eigenvalue weighted by molar-refractivity contribution is 0.610. The van der Waals surface area contributed by atoms with Gasteiger partial charge in [-0.2, -0.15) is 5.26 Å². The van der Waals surface area contributed by atoms with Gasteiger partial charge in [0.1, 0.15) is 17.6 Å². The molecular weight excluding hydrogens is 489 g/mol. The highest BCUT2D eigenvalue weighted by Crippen LogP contribution is 2.53. The summed E-state index contributed by atoms with van der Waals surface area (Å²) in [5.74, 6) is 1.05. The summed E-state index contributed by atoms with van der Waals surface area (Å²) in [5.41, 5.74) is 3.21. The molecule has 2 aromatic carbocycles. The zero-order valence-corrected chi connectivity index (χ0v) is 20.7. The fourth-order valence-corrected chi connectivity index (χ4v) is 5.86.